The molecule has 6 heteroatoms. The zero-order valence-electron chi connectivity index (χ0n) is 10.1. The highest BCUT2D eigenvalue weighted by molar-refractivity contribution is 7.91. The van der Waals surface area contributed by atoms with Crippen LogP contribution in [-0.4, -0.2) is 36.2 Å². The molecule has 0 radical (unpaired) electrons. The monoisotopic (exact) mass is 245 g/mol. The Morgan fingerprint density at radius 2 is 2.19 bits per heavy atom. The zero-order valence-corrected chi connectivity index (χ0v) is 11.0. The van der Waals surface area contributed by atoms with E-state index in [-0.39, 0.29) is 6.04 Å². The van der Waals surface area contributed by atoms with E-state index in [0.717, 1.165) is 12.2 Å². The maximum Gasteiger partial charge on any atom is 0.151 e. The van der Waals surface area contributed by atoms with Crippen LogP contribution >= 0.6 is 0 Å². The Hall–Kier alpha value is -0.880. The predicted molar refractivity (Wildman–Crippen MR) is 63.9 cm³/mol. The van der Waals surface area contributed by atoms with E-state index in [1.54, 1.807) is 17.8 Å². The van der Waals surface area contributed by atoms with Gasteiger partial charge in [0.25, 0.3) is 0 Å². The first kappa shape index (κ1) is 13.2. The number of aryl methyl sites for hydroxylation is 1. The van der Waals surface area contributed by atoms with Crippen LogP contribution in [0.25, 0.3) is 0 Å². The molecule has 1 aromatic heterocycles. The number of hydrogen-bond donors (Lipinski definition) is 1. The van der Waals surface area contributed by atoms with Gasteiger partial charge in [0.1, 0.15) is 0 Å². The van der Waals surface area contributed by atoms with Crippen molar-refractivity contribution >= 4 is 9.84 Å². The highest BCUT2D eigenvalue weighted by Gasteiger charge is 2.28. The van der Waals surface area contributed by atoms with Gasteiger partial charge in [0.05, 0.1) is 17.0 Å². The fraction of sp³-hybridized carbons (Fsp3) is 0.700. The fourth-order valence-electron chi connectivity index (χ4n) is 1.67. The molecule has 0 aliphatic carbocycles. The molecule has 0 spiro atoms. The highest BCUT2D eigenvalue weighted by atomic mass is 32.2. The summed E-state index contributed by atoms with van der Waals surface area (Å²) in [5, 5.41) is 6.79. The number of nitrogens with one attached hydrogen (secondary N) is 1. The molecule has 0 aliphatic rings. The first-order valence-electron chi connectivity index (χ1n) is 5.28. The van der Waals surface area contributed by atoms with Crippen LogP contribution in [-0.2, 0) is 16.9 Å². The smallest absolute Gasteiger partial charge is 0.151 e. The molecule has 92 valence electrons. The molecule has 0 fully saturated rings. The van der Waals surface area contributed by atoms with Gasteiger partial charge in [-0.1, -0.05) is 6.92 Å². The Bertz CT molecular complexity index is 439. The summed E-state index contributed by atoms with van der Waals surface area (Å²) in [6.45, 7) is 4.39. The van der Waals surface area contributed by atoms with Crippen LogP contribution < -0.4 is 5.32 Å². The topological polar surface area (TPSA) is 64.0 Å². The normalized spacial score (nSPS) is 16.0. The van der Waals surface area contributed by atoms with Crippen molar-refractivity contribution in [3.63, 3.8) is 0 Å². The second-order valence-electron chi connectivity index (χ2n) is 3.95. The minimum Gasteiger partial charge on any atom is -0.308 e. The number of hydrogen-bond acceptors (Lipinski definition) is 4. The van der Waals surface area contributed by atoms with Gasteiger partial charge in [0.2, 0.25) is 0 Å². The SMILES string of the molecule is CCNC(c1ccnn1C)C(C)S(C)(=O)=O. The summed E-state index contributed by atoms with van der Waals surface area (Å²) < 4.78 is 24.9. The van der Waals surface area contributed by atoms with Crippen molar-refractivity contribution in [2.24, 2.45) is 7.05 Å². The summed E-state index contributed by atoms with van der Waals surface area (Å²) in [6, 6.07) is 1.63. The minimum atomic E-state index is -3.07. The van der Waals surface area contributed by atoms with Crippen molar-refractivity contribution in [2.75, 3.05) is 12.8 Å². The average molecular weight is 245 g/mol. The number of rotatable bonds is 5. The second-order valence-corrected chi connectivity index (χ2v) is 6.35. The van der Waals surface area contributed by atoms with Crippen LogP contribution in [0.15, 0.2) is 12.3 Å². The van der Waals surface area contributed by atoms with Gasteiger partial charge in [-0.05, 0) is 19.5 Å². The van der Waals surface area contributed by atoms with E-state index >= 15 is 0 Å². The Balaban J connectivity index is 3.05. The maximum atomic E-state index is 11.6. The van der Waals surface area contributed by atoms with Gasteiger partial charge in [-0.2, -0.15) is 5.10 Å². The van der Waals surface area contributed by atoms with Crippen LogP contribution in [0.2, 0.25) is 0 Å². The first-order valence-corrected chi connectivity index (χ1v) is 7.23. The summed E-state index contributed by atoms with van der Waals surface area (Å²) in [6.07, 6.45) is 2.94. The molecule has 2 atom stereocenters. The van der Waals surface area contributed by atoms with Gasteiger partial charge in [-0.3, -0.25) is 4.68 Å². The standard InChI is InChI=1S/C10H19N3O2S/c1-5-11-10(8(2)16(4,14)15)9-6-7-12-13(9)3/h6-8,10-11H,5H2,1-4H3. The molecule has 0 bridgehead atoms. The summed E-state index contributed by atoms with van der Waals surface area (Å²) in [7, 11) is -1.26. The molecule has 0 amide bonds. The van der Waals surface area contributed by atoms with Crippen molar-refractivity contribution in [1.29, 1.82) is 0 Å². The lowest BCUT2D eigenvalue weighted by atomic mass is 10.1. The summed E-state index contributed by atoms with van der Waals surface area (Å²) in [5.74, 6) is 0. The maximum absolute atomic E-state index is 11.6. The van der Waals surface area contributed by atoms with E-state index in [9.17, 15) is 8.42 Å². The molecular formula is C10H19N3O2S. The van der Waals surface area contributed by atoms with Crippen LogP contribution in [0.3, 0.4) is 0 Å². The Morgan fingerprint density at radius 1 is 1.56 bits per heavy atom. The molecule has 0 aromatic carbocycles. The lowest BCUT2D eigenvalue weighted by Crippen LogP contribution is -2.36. The molecule has 2 unspecified atom stereocenters. The molecular weight excluding hydrogens is 226 g/mol. The predicted octanol–water partition coefficient (Wildman–Crippen LogP) is 0.504. The van der Waals surface area contributed by atoms with Crippen LogP contribution in [0.1, 0.15) is 25.6 Å². The lowest BCUT2D eigenvalue weighted by Gasteiger charge is -2.23. The summed E-state index contributed by atoms with van der Waals surface area (Å²) >= 11 is 0. The van der Waals surface area contributed by atoms with E-state index < -0.39 is 15.1 Å². The second kappa shape index (κ2) is 4.97. The van der Waals surface area contributed by atoms with Gasteiger partial charge in [0, 0.05) is 19.5 Å². The molecule has 1 rings (SSSR count). The summed E-state index contributed by atoms with van der Waals surface area (Å²) in [4.78, 5) is 0. The van der Waals surface area contributed by atoms with E-state index in [1.807, 2.05) is 20.0 Å². The van der Waals surface area contributed by atoms with E-state index in [1.165, 1.54) is 6.26 Å². The van der Waals surface area contributed by atoms with Crippen LogP contribution in [0.4, 0.5) is 0 Å². The molecule has 0 saturated carbocycles. The molecule has 0 aliphatic heterocycles. The lowest BCUT2D eigenvalue weighted by molar-refractivity contribution is 0.484. The van der Waals surface area contributed by atoms with Crippen molar-refractivity contribution in [3.8, 4) is 0 Å². The number of aromatic nitrogens is 2. The molecule has 5 nitrogen and oxygen atoms in total. The summed E-state index contributed by atoms with van der Waals surface area (Å²) in [5.41, 5.74) is 0.889. The zero-order chi connectivity index (χ0) is 12.3. The molecule has 1 aromatic rings. The van der Waals surface area contributed by atoms with E-state index in [0.29, 0.717) is 0 Å². The first-order chi connectivity index (χ1) is 7.38. The van der Waals surface area contributed by atoms with E-state index in [4.69, 9.17) is 0 Å². The fourth-order valence-corrected chi connectivity index (χ4v) is 2.40. The third kappa shape index (κ3) is 2.82. The average Bonchev–Trinajstić information content (AvgIpc) is 2.58. The molecule has 16 heavy (non-hydrogen) atoms. The van der Waals surface area contributed by atoms with Crippen molar-refractivity contribution in [3.05, 3.63) is 18.0 Å². The third-order valence-electron chi connectivity index (χ3n) is 2.75. The van der Waals surface area contributed by atoms with Crippen molar-refractivity contribution in [2.45, 2.75) is 25.1 Å². The van der Waals surface area contributed by atoms with Gasteiger partial charge in [-0.15, -0.1) is 0 Å². The number of sulfone groups is 1. The van der Waals surface area contributed by atoms with Crippen molar-refractivity contribution < 1.29 is 8.42 Å². The van der Waals surface area contributed by atoms with Gasteiger partial charge >= 0.3 is 0 Å². The molecule has 0 saturated heterocycles. The molecule has 1 N–H and O–H groups in total. The molecule has 1 heterocycles. The van der Waals surface area contributed by atoms with Gasteiger partial charge in [0.15, 0.2) is 9.84 Å². The Kier molecular flexibility index (Phi) is 4.09. The van der Waals surface area contributed by atoms with Gasteiger partial charge < -0.3 is 5.32 Å². The Labute approximate surface area is 96.8 Å². The van der Waals surface area contributed by atoms with Crippen LogP contribution in [0, 0.1) is 0 Å². The van der Waals surface area contributed by atoms with Gasteiger partial charge in [-0.25, -0.2) is 8.42 Å². The minimum absolute atomic E-state index is 0.215. The quantitative estimate of drug-likeness (QED) is 0.820. The van der Waals surface area contributed by atoms with Crippen LogP contribution in [0.5, 0.6) is 0 Å². The highest BCUT2D eigenvalue weighted by Crippen LogP contribution is 2.20. The number of nitrogens with zero attached hydrogens (tertiary/aromatic N) is 2. The van der Waals surface area contributed by atoms with Crippen molar-refractivity contribution in [1.82, 2.24) is 15.1 Å². The van der Waals surface area contributed by atoms with E-state index in [2.05, 4.69) is 10.4 Å². The Morgan fingerprint density at radius 3 is 2.56 bits per heavy atom. The largest absolute Gasteiger partial charge is 0.308 e. The third-order valence-corrected chi connectivity index (χ3v) is 4.37.